The van der Waals surface area contributed by atoms with Crippen molar-refractivity contribution in [3.63, 3.8) is 0 Å². The maximum absolute atomic E-state index is 12.9. The molecule has 0 saturated heterocycles. The van der Waals surface area contributed by atoms with Gasteiger partial charge in [0.25, 0.3) is 0 Å². The predicted molar refractivity (Wildman–Crippen MR) is 44.6 cm³/mol. The first-order chi connectivity index (χ1) is 5.95. The van der Waals surface area contributed by atoms with E-state index in [1.165, 1.54) is 6.92 Å². The molecule has 13 heavy (non-hydrogen) atoms. The van der Waals surface area contributed by atoms with Crippen LogP contribution in [0.2, 0.25) is 0 Å². The maximum atomic E-state index is 12.9. The van der Waals surface area contributed by atoms with Crippen molar-refractivity contribution in [3.8, 4) is 0 Å². The minimum atomic E-state index is -1.34. The van der Waals surface area contributed by atoms with Gasteiger partial charge < -0.3 is 0 Å². The molecule has 0 aliphatic heterocycles. The topological polar surface area (TPSA) is 0 Å². The molecular formula is C8H8F4Si. The van der Waals surface area contributed by atoms with Crippen LogP contribution in [-0.4, -0.2) is 10.2 Å². The summed E-state index contributed by atoms with van der Waals surface area (Å²) in [5, 5.41) is 0. The van der Waals surface area contributed by atoms with Gasteiger partial charge in [-0.3, -0.25) is 0 Å². The van der Waals surface area contributed by atoms with Crippen molar-refractivity contribution in [1.82, 2.24) is 0 Å². The van der Waals surface area contributed by atoms with Crippen LogP contribution in [0.3, 0.4) is 0 Å². The second kappa shape index (κ2) is 3.49. The molecular weight excluding hydrogens is 200 g/mol. The summed E-state index contributed by atoms with van der Waals surface area (Å²) in [5.74, 6) is -5.23. The number of hydrogen-bond acceptors (Lipinski definition) is 0. The van der Waals surface area contributed by atoms with E-state index >= 15 is 0 Å². The molecule has 0 amide bonds. The van der Waals surface area contributed by atoms with Gasteiger partial charge in [-0.2, -0.15) is 0 Å². The second-order valence-corrected chi connectivity index (χ2v) is 4.77. The van der Waals surface area contributed by atoms with E-state index in [0.29, 0.717) is 10.2 Å². The number of halogens is 4. The summed E-state index contributed by atoms with van der Waals surface area (Å²) in [4.78, 5) is 0. The zero-order valence-electron chi connectivity index (χ0n) is 7.17. The van der Waals surface area contributed by atoms with Crippen LogP contribution in [0.25, 0.3) is 0 Å². The molecule has 1 aromatic rings. The molecule has 0 heterocycles. The molecule has 0 saturated carbocycles. The first kappa shape index (κ1) is 10.2. The highest BCUT2D eigenvalue weighted by molar-refractivity contribution is 6.12. The summed E-state index contributed by atoms with van der Waals surface area (Å²) in [6.45, 7) is 1.52. The lowest BCUT2D eigenvalue weighted by Crippen LogP contribution is -2.06. The molecule has 1 rings (SSSR count). The Morgan fingerprint density at radius 3 is 1.77 bits per heavy atom. The standard InChI is InChI=1S/C8H8F4Si/c1-3(13)6-7(11)4(9)2-5(10)8(6)12/h2-3H,1,13H3. The summed E-state index contributed by atoms with van der Waals surface area (Å²) in [6.07, 6.45) is 0. The smallest absolute Gasteiger partial charge is 0.165 e. The predicted octanol–water partition coefficient (Wildman–Crippen LogP) is 1.67. The zero-order chi connectivity index (χ0) is 10.2. The average Bonchev–Trinajstić information content (AvgIpc) is 2.01. The van der Waals surface area contributed by atoms with Gasteiger partial charge in [0.05, 0.1) is 0 Å². The van der Waals surface area contributed by atoms with Crippen LogP contribution in [-0.2, 0) is 0 Å². The Morgan fingerprint density at radius 1 is 1.08 bits per heavy atom. The van der Waals surface area contributed by atoms with Gasteiger partial charge in [0.1, 0.15) is 0 Å². The summed E-state index contributed by atoms with van der Waals surface area (Å²) in [5.41, 5.74) is -0.936. The Bertz CT molecular complexity index is 309. The van der Waals surface area contributed by atoms with Crippen molar-refractivity contribution < 1.29 is 17.6 Å². The number of benzene rings is 1. The van der Waals surface area contributed by atoms with E-state index in [4.69, 9.17) is 0 Å². The minimum absolute atomic E-state index is 0.220. The Hall–Kier alpha value is -0.843. The first-order valence-electron chi connectivity index (χ1n) is 3.78. The van der Waals surface area contributed by atoms with Gasteiger partial charge in [-0.15, -0.1) is 0 Å². The van der Waals surface area contributed by atoms with Crippen LogP contribution in [0, 0.1) is 23.3 Å². The molecule has 0 nitrogen and oxygen atoms in total. The summed E-state index contributed by atoms with van der Waals surface area (Å²) < 4.78 is 51.1. The maximum Gasteiger partial charge on any atom is 0.165 e. The van der Waals surface area contributed by atoms with E-state index in [-0.39, 0.29) is 6.07 Å². The Morgan fingerprint density at radius 2 is 1.46 bits per heavy atom. The van der Waals surface area contributed by atoms with Gasteiger partial charge in [-0.25, -0.2) is 17.6 Å². The van der Waals surface area contributed by atoms with Gasteiger partial charge in [-0.05, 0) is 5.54 Å². The molecule has 1 aromatic carbocycles. The lowest BCUT2D eigenvalue weighted by atomic mass is 10.1. The Labute approximate surface area is 76.0 Å². The highest BCUT2D eigenvalue weighted by atomic mass is 28.1. The molecule has 0 aliphatic rings. The molecule has 0 radical (unpaired) electrons. The van der Waals surface area contributed by atoms with Crippen LogP contribution in [0.5, 0.6) is 0 Å². The molecule has 0 aliphatic carbocycles. The highest BCUT2D eigenvalue weighted by Gasteiger charge is 2.20. The lowest BCUT2D eigenvalue weighted by molar-refractivity contribution is 0.439. The van der Waals surface area contributed by atoms with E-state index in [0.717, 1.165) is 0 Å². The highest BCUT2D eigenvalue weighted by Crippen LogP contribution is 2.24. The number of hydrogen-bond donors (Lipinski definition) is 0. The summed E-state index contributed by atoms with van der Waals surface area (Å²) >= 11 is 0. The second-order valence-electron chi connectivity index (χ2n) is 3.04. The molecule has 0 N–H and O–H groups in total. The molecule has 0 fully saturated rings. The van der Waals surface area contributed by atoms with Gasteiger partial charge in [-0.1, -0.05) is 6.92 Å². The fourth-order valence-electron chi connectivity index (χ4n) is 1.10. The molecule has 1 unspecified atom stereocenters. The van der Waals surface area contributed by atoms with E-state index < -0.39 is 34.4 Å². The Kier molecular flexibility index (Phi) is 2.75. The Balaban J connectivity index is 3.46. The SMILES string of the molecule is CC([SiH3])c1c(F)c(F)cc(F)c1F. The summed E-state index contributed by atoms with van der Waals surface area (Å²) in [6, 6.07) is 0.220. The quantitative estimate of drug-likeness (QED) is 0.374. The fourth-order valence-corrected chi connectivity index (χ4v) is 1.61. The molecule has 5 heteroatoms. The van der Waals surface area contributed by atoms with Crippen molar-refractivity contribution in [1.29, 1.82) is 0 Å². The average molecular weight is 208 g/mol. The van der Waals surface area contributed by atoms with Crippen molar-refractivity contribution in [2.24, 2.45) is 0 Å². The minimum Gasteiger partial charge on any atom is -0.204 e. The van der Waals surface area contributed by atoms with Gasteiger partial charge in [0, 0.05) is 21.9 Å². The fraction of sp³-hybridized carbons (Fsp3) is 0.250. The van der Waals surface area contributed by atoms with Crippen molar-refractivity contribution in [2.75, 3.05) is 0 Å². The van der Waals surface area contributed by atoms with Crippen LogP contribution >= 0.6 is 0 Å². The molecule has 0 bridgehead atoms. The van der Waals surface area contributed by atoms with E-state index in [1.807, 2.05) is 0 Å². The van der Waals surface area contributed by atoms with Crippen LogP contribution < -0.4 is 0 Å². The molecule has 0 aromatic heterocycles. The van der Waals surface area contributed by atoms with E-state index in [1.54, 1.807) is 0 Å². The van der Waals surface area contributed by atoms with Crippen molar-refractivity contribution >= 4 is 10.2 Å². The lowest BCUT2D eigenvalue weighted by Gasteiger charge is -2.09. The largest absolute Gasteiger partial charge is 0.204 e. The van der Waals surface area contributed by atoms with E-state index in [9.17, 15) is 17.6 Å². The molecule has 72 valence electrons. The normalized spacial score (nSPS) is 13.3. The van der Waals surface area contributed by atoms with Gasteiger partial charge >= 0.3 is 0 Å². The molecule has 1 atom stereocenters. The third-order valence-electron chi connectivity index (χ3n) is 1.72. The molecule has 0 spiro atoms. The van der Waals surface area contributed by atoms with Crippen LogP contribution in [0.1, 0.15) is 18.0 Å². The van der Waals surface area contributed by atoms with Crippen molar-refractivity contribution in [3.05, 3.63) is 34.9 Å². The van der Waals surface area contributed by atoms with Crippen LogP contribution in [0.15, 0.2) is 6.07 Å². The van der Waals surface area contributed by atoms with Crippen molar-refractivity contribution in [2.45, 2.75) is 12.5 Å². The zero-order valence-corrected chi connectivity index (χ0v) is 9.17. The van der Waals surface area contributed by atoms with Crippen LogP contribution in [0.4, 0.5) is 17.6 Å². The third-order valence-corrected chi connectivity index (χ3v) is 2.30. The summed E-state index contributed by atoms with van der Waals surface area (Å²) in [7, 11) is 0.436. The first-order valence-corrected chi connectivity index (χ1v) is 4.93. The van der Waals surface area contributed by atoms with Gasteiger partial charge in [0.2, 0.25) is 0 Å². The van der Waals surface area contributed by atoms with E-state index in [2.05, 4.69) is 0 Å². The monoisotopic (exact) mass is 208 g/mol. The number of rotatable bonds is 1. The van der Waals surface area contributed by atoms with Gasteiger partial charge in [0.15, 0.2) is 23.3 Å². The third kappa shape index (κ3) is 1.74.